The Morgan fingerprint density at radius 2 is 1.73 bits per heavy atom. The number of aliphatic hydroxyl groups excluding tert-OH is 1. The molecule has 1 aromatic carbocycles. The van der Waals surface area contributed by atoms with Gasteiger partial charge in [-0.3, -0.25) is 9.97 Å². The number of hydrogen-bond acceptors (Lipinski definition) is 3. The van der Waals surface area contributed by atoms with Gasteiger partial charge in [-0.05, 0) is 29.8 Å². The van der Waals surface area contributed by atoms with Crippen molar-refractivity contribution in [2.75, 3.05) is 0 Å². The molecule has 3 aromatic rings. The lowest BCUT2D eigenvalue weighted by atomic mass is 9.88. The first kappa shape index (κ1) is 14.7. The van der Waals surface area contributed by atoms with Crippen LogP contribution in [0.15, 0.2) is 54.7 Å². The van der Waals surface area contributed by atoms with E-state index >= 15 is 0 Å². The first-order valence-corrected chi connectivity index (χ1v) is 7.46. The van der Waals surface area contributed by atoms with Crippen LogP contribution in [0.25, 0.3) is 10.9 Å². The zero-order chi connectivity index (χ0) is 15.7. The van der Waals surface area contributed by atoms with Crippen molar-refractivity contribution in [2.45, 2.75) is 32.3 Å². The molecule has 2 aromatic heterocycles. The summed E-state index contributed by atoms with van der Waals surface area (Å²) in [6.45, 7) is 6.38. The fraction of sp³-hybridized carbons (Fsp3) is 0.263. The first-order chi connectivity index (χ1) is 10.5. The van der Waals surface area contributed by atoms with E-state index in [2.05, 4.69) is 25.8 Å². The number of aliphatic hydroxyl groups is 1. The average Bonchev–Trinajstić information content (AvgIpc) is 2.53. The van der Waals surface area contributed by atoms with Gasteiger partial charge in [-0.15, -0.1) is 0 Å². The zero-order valence-electron chi connectivity index (χ0n) is 13.1. The normalized spacial score (nSPS) is 13.3. The molecule has 3 nitrogen and oxygen atoms in total. The van der Waals surface area contributed by atoms with Gasteiger partial charge >= 0.3 is 0 Å². The molecule has 0 bridgehead atoms. The van der Waals surface area contributed by atoms with Crippen molar-refractivity contribution in [2.24, 2.45) is 0 Å². The minimum absolute atomic E-state index is 0.0807. The van der Waals surface area contributed by atoms with Crippen molar-refractivity contribution in [1.29, 1.82) is 0 Å². The van der Waals surface area contributed by atoms with Crippen molar-refractivity contribution < 1.29 is 5.11 Å². The summed E-state index contributed by atoms with van der Waals surface area (Å²) < 4.78 is 0. The second-order valence-corrected chi connectivity index (χ2v) is 6.52. The molecule has 0 aliphatic carbocycles. The Bertz CT molecular complexity index is 791. The molecule has 2 heterocycles. The molecule has 112 valence electrons. The van der Waals surface area contributed by atoms with Gasteiger partial charge in [0.1, 0.15) is 6.10 Å². The minimum atomic E-state index is -0.754. The van der Waals surface area contributed by atoms with E-state index in [4.69, 9.17) is 4.98 Å². The summed E-state index contributed by atoms with van der Waals surface area (Å²) in [7, 11) is 0. The third kappa shape index (κ3) is 2.72. The maximum Gasteiger partial charge on any atom is 0.122 e. The molecule has 0 fully saturated rings. The van der Waals surface area contributed by atoms with Gasteiger partial charge in [-0.2, -0.15) is 0 Å². The maximum absolute atomic E-state index is 10.8. The van der Waals surface area contributed by atoms with Gasteiger partial charge in [0.2, 0.25) is 0 Å². The van der Waals surface area contributed by atoms with E-state index in [1.807, 2.05) is 48.5 Å². The highest BCUT2D eigenvalue weighted by Gasteiger charge is 2.21. The molecule has 0 amide bonds. The van der Waals surface area contributed by atoms with Crippen molar-refractivity contribution in [3.8, 4) is 0 Å². The number of nitrogens with zero attached hydrogens (tertiary/aromatic N) is 2. The van der Waals surface area contributed by atoms with E-state index in [1.54, 1.807) is 6.20 Å². The Hall–Kier alpha value is -2.26. The zero-order valence-corrected chi connectivity index (χ0v) is 13.1. The van der Waals surface area contributed by atoms with E-state index < -0.39 is 6.10 Å². The number of pyridine rings is 2. The Morgan fingerprint density at radius 3 is 2.41 bits per heavy atom. The second-order valence-electron chi connectivity index (χ2n) is 6.52. The monoisotopic (exact) mass is 292 g/mol. The van der Waals surface area contributed by atoms with Crippen LogP contribution in [0.4, 0.5) is 0 Å². The second kappa shape index (κ2) is 5.50. The van der Waals surface area contributed by atoms with Crippen LogP contribution in [0.5, 0.6) is 0 Å². The molecule has 22 heavy (non-hydrogen) atoms. The van der Waals surface area contributed by atoms with E-state index in [9.17, 15) is 5.11 Å². The van der Waals surface area contributed by atoms with Crippen LogP contribution in [0.3, 0.4) is 0 Å². The van der Waals surface area contributed by atoms with Crippen molar-refractivity contribution >= 4 is 10.9 Å². The molecule has 3 heteroatoms. The topological polar surface area (TPSA) is 46.0 Å². The van der Waals surface area contributed by atoms with Crippen LogP contribution in [-0.2, 0) is 5.41 Å². The fourth-order valence-electron chi connectivity index (χ4n) is 2.51. The summed E-state index contributed by atoms with van der Waals surface area (Å²) in [5.41, 5.74) is 3.30. The molecular formula is C19H20N2O. The summed E-state index contributed by atoms with van der Waals surface area (Å²) in [6.07, 6.45) is 0.947. The van der Waals surface area contributed by atoms with Gasteiger partial charge in [0.15, 0.2) is 0 Å². The molecule has 0 radical (unpaired) electrons. The van der Waals surface area contributed by atoms with Gasteiger partial charge in [0.05, 0.1) is 11.2 Å². The highest BCUT2D eigenvalue weighted by atomic mass is 16.3. The SMILES string of the molecule is CC(C)(C)c1cc(C(O)c2ccccn2)c2ccccc2n1. The summed E-state index contributed by atoms with van der Waals surface area (Å²) in [4.78, 5) is 9.03. The van der Waals surface area contributed by atoms with Gasteiger partial charge in [0, 0.05) is 22.7 Å². The molecular weight excluding hydrogens is 272 g/mol. The first-order valence-electron chi connectivity index (χ1n) is 7.46. The fourth-order valence-corrected chi connectivity index (χ4v) is 2.51. The highest BCUT2D eigenvalue weighted by Crippen LogP contribution is 2.31. The predicted octanol–water partition coefficient (Wildman–Crippen LogP) is 4.01. The lowest BCUT2D eigenvalue weighted by molar-refractivity contribution is 0.216. The smallest absolute Gasteiger partial charge is 0.122 e. The molecule has 1 unspecified atom stereocenters. The van der Waals surface area contributed by atoms with Crippen LogP contribution in [0, 0.1) is 0 Å². The van der Waals surface area contributed by atoms with Crippen molar-refractivity contribution in [3.05, 3.63) is 71.7 Å². The highest BCUT2D eigenvalue weighted by molar-refractivity contribution is 5.83. The largest absolute Gasteiger partial charge is 0.382 e. The minimum Gasteiger partial charge on any atom is -0.382 e. The Kier molecular flexibility index (Phi) is 3.67. The molecule has 0 saturated heterocycles. The number of benzene rings is 1. The number of aromatic nitrogens is 2. The van der Waals surface area contributed by atoms with E-state index in [0.717, 1.165) is 22.2 Å². The quantitative estimate of drug-likeness (QED) is 0.776. The van der Waals surface area contributed by atoms with Crippen LogP contribution in [-0.4, -0.2) is 15.1 Å². The summed E-state index contributed by atoms with van der Waals surface area (Å²) >= 11 is 0. The van der Waals surface area contributed by atoms with Gasteiger partial charge in [-0.25, -0.2) is 0 Å². The molecule has 0 spiro atoms. The van der Waals surface area contributed by atoms with Crippen molar-refractivity contribution in [1.82, 2.24) is 9.97 Å². The Morgan fingerprint density at radius 1 is 1.00 bits per heavy atom. The Balaban J connectivity index is 2.23. The molecule has 0 aliphatic heterocycles. The molecule has 0 saturated carbocycles. The summed E-state index contributed by atoms with van der Waals surface area (Å²) in [5.74, 6) is 0. The van der Waals surface area contributed by atoms with Gasteiger partial charge in [-0.1, -0.05) is 45.0 Å². The third-order valence-electron chi connectivity index (χ3n) is 3.78. The van der Waals surface area contributed by atoms with E-state index in [-0.39, 0.29) is 5.41 Å². The lowest BCUT2D eigenvalue weighted by Crippen LogP contribution is -2.15. The number of fused-ring (bicyclic) bond motifs is 1. The molecule has 3 rings (SSSR count). The van der Waals surface area contributed by atoms with Crippen LogP contribution in [0.1, 0.15) is 43.8 Å². The lowest BCUT2D eigenvalue weighted by Gasteiger charge is -2.21. The Labute approximate surface area is 130 Å². The number of rotatable bonds is 2. The molecule has 1 N–H and O–H groups in total. The van der Waals surface area contributed by atoms with Gasteiger partial charge < -0.3 is 5.11 Å². The van der Waals surface area contributed by atoms with Crippen LogP contribution < -0.4 is 0 Å². The van der Waals surface area contributed by atoms with E-state index in [1.165, 1.54) is 0 Å². The summed E-state index contributed by atoms with van der Waals surface area (Å²) in [5, 5.41) is 11.8. The standard InChI is InChI=1S/C19H20N2O/c1-19(2,3)17-12-14(13-8-4-5-9-15(13)21-17)18(22)16-10-6-7-11-20-16/h4-12,18,22H,1-3H3. The van der Waals surface area contributed by atoms with Crippen LogP contribution in [0.2, 0.25) is 0 Å². The number of para-hydroxylation sites is 1. The predicted molar refractivity (Wildman–Crippen MR) is 88.7 cm³/mol. The number of hydrogen-bond donors (Lipinski definition) is 1. The van der Waals surface area contributed by atoms with E-state index in [0.29, 0.717) is 5.69 Å². The summed E-state index contributed by atoms with van der Waals surface area (Å²) in [6, 6.07) is 15.5. The average molecular weight is 292 g/mol. The van der Waals surface area contributed by atoms with Crippen molar-refractivity contribution in [3.63, 3.8) is 0 Å². The molecule has 0 aliphatic rings. The van der Waals surface area contributed by atoms with Gasteiger partial charge in [0.25, 0.3) is 0 Å². The molecule has 1 atom stereocenters. The maximum atomic E-state index is 10.8. The third-order valence-corrected chi connectivity index (χ3v) is 3.78. The van der Waals surface area contributed by atoms with Crippen LogP contribution >= 0.6 is 0 Å².